The second-order valence-electron chi connectivity index (χ2n) is 8.11. The van der Waals surface area contributed by atoms with Crippen LogP contribution in [0, 0.1) is 5.92 Å². The molecule has 1 rings (SSSR count). The van der Waals surface area contributed by atoms with Gasteiger partial charge in [-0.25, -0.2) is 0 Å². The molecule has 0 aromatic heterocycles. The Bertz CT molecular complexity index is 821. The van der Waals surface area contributed by atoms with E-state index in [9.17, 15) is 19.2 Å². The summed E-state index contributed by atoms with van der Waals surface area (Å²) in [6, 6.07) is 3.61. The summed E-state index contributed by atoms with van der Waals surface area (Å²) in [5, 5.41) is 0. The molecule has 33 heavy (non-hydrogen) atoms. The zero-order chi connectivity index (χ0) is 25.0. The fourth-order valence-electron chi connectivity index (χ4n) is 2.60. The lowest BCUT2D eigenvalue weighted by molar-refractivity contribution is -0.158. The van der Waals surface area contributed by atoms with Crippen LogP contribution in [-0.4, -0.2) is 42.6 Å². The minimum absolute atomic E-state index is 0.0728. The molecule has 0 spiro atoms. The average molecular weight is 466 g/mol. The maximum Gasteiger partial charge on any atom is 0.323 e. The number of ether oxygens (including phenoxy) is 4. The van der Waals surface area contributed by atoms with E-state index in [0.29, 0.717) is 17.9 Å². The van der Waals surface area contributed by atoms with Gasteiger partial charge in [-0.15, -0.1) is 0 Å². The largest absolute Gasteiger partial charge is 0.461 e. The maximum atomic E-state index is 12.3. The van der Waals surface area contributed by atoms with Crippen LogP contribution in [0.2, 0.25) is 0 Å². The zero-order valence-corrected chi connectivity index (χ0v) is 20.1. The average Bonchev–Trinajstić information content (AvgIpc) is 2.77. The molecule has 9 heteroatoms. The van der Waals surface area contributed by atoms with Gasteiger partial charge in [0.05, 0.1) is 0 Å². The predicted octanol–water partition coefficient (Wildman–Crippen LogP) is 3.10. The second-order valence-corrected chi connectivity index (χ2v) is 8.11. The maximum absolute atomic E-state index is 12.3. The van der Waals surface area contributed by atoms with Crippen molar-refractivity contribution in [1.82, 2.24) is 0 Å². The second kappa shape index (κ2) is 14.3. The van der Waals surface area contributed by atoms with Crippen LogP contribution in [0.1, 0.15) is 65.9 Å². The molecule has 0 saturated heterocycles. The normalized spacial score (nSPS) is 12.6. The first-order valence-corrected chi connectivity index (χ1v) is 11.2. The SMILES string of the molecule is CCC(=O)Oc1ccc(C[C@H](N)C(=O)OC[C@H](C)OC(=O)CCC(C)C)cc1OC(=O)CC. The molecule has 0 saturated carbocycles. The minimum atomic E-state index is -0.993. The number of nitrogens with two attached hydrogens (primary N) is 1. The fraction of sp³-hybridized carbons (Fsp3) is 0.583. The van der Waals surface area contributed by atoms with Crippen LogP contribution in [0.5, 0.6) is 11.5 Å². The molecule has 0 aliphatic heterocycles. The van der Waals surface area contributed by atoms with Gasteiger partial charge in [-0.3, -0.25) is 19.2 Å². The van der Waals surface area contributed by atoms with Gasteiger partial charge in [-0.1, -0.05) is 33.8 Å². The Labute approximate surface area is 194 Å². The topological polar surface area (TPSA) is 131 Å². The van der Waals surface area contributed by atoms with Gasteiger partial charge in [0, 0.05) is 19.3 Å². The van der Waals surface area contributed by atoms with Crippen LogP contribution in [0.4, 0.5) is 0 Å². The van der Waals surface area contributed by atoms with Crippen LogP contribution in [0.25, 0.3) is 0 Å². The Hall–Kier alpha value is -2.94. The third-order valence-electron chi connectivity index (χ3n) is 4.51. The van der Waals surface area contributed by atoms with E-state index in [0.717, 1.165) is 6.42 Å². The molecule has 0 bridgehead atoms. The Morgan fingerprint density at radius 2 is 1.52 bits per heavy atom. The molecule has 184 valence electrons. The van der Waals surface area contributed by atoms with E-state index in [1.54, 1.807) is 26.8 Å². The Balaban J connectivity index is 2.69. The standard InChI is InChI=1S/C24H35NO8/c1-6-21(26)32-19-10-9-17(13-20(19)33-22(27)7-2)12-18(25)24(29)30-14-16(5)31-23(28)11-8-15(3)4/h9-10,13,15-16,18H,6-8,11-12,14,25H2,1-5H3/t16-,18-/m0/s1. The summed E-state index contributed by atoms with van der Waals surface area (Å²) >= 11 is 0. The molecule has 0 radical (unpaired) electrons. The molecule has 0 aliphatic carbocycles. The van der Waals surface area contributed by atoms with Crippen LogP contribution in [-0.2, 0) is 35.1 Å². The summed E-state index contributed by atoms with van der Waals surface area (Å²) in [5.41, 5.74) is 6.55. The number of carbonyl (C=O) groups excluding carboxylic acids is 4. The minimum Gasteiger partial charge on any atom is -0.461 e. The number of rotatable bonds is 13. The van der Waals surface area contributed by atoms with Crippen LogP contribution >= 0.6 is 0 Å². The van der Waals surface area contributed by atoms with Crippen LogP contribution in [0.15, 0.2) is 18.2 Å². The van der Waals surface area contributed by atoms with E-state index in [2.05, 4.69) is 0 Å². The summed E-state index contributed by atoms with van der Waals surface area (Å²) in [6.07, 6.45) is 0.836. The number of esters is 4. The highest BCUT2D eigenvalue weighted by Crippen LogP contribution is 2.30. The first kappa shape index (κ1) is 28.1. The molecule has 0 aliphatic rings. The van der Waals surface area contributed by atoms with Crippen molar-refractivity contribution in [3.8, 4) is 11.5 Å². The van der Waals surface area contributed by atoms with Gasteiger partial charge in [0.25, 0.3) is 0 Å². The van der Waals surface area contributed by atoms with Crippen LogP contribution < -0.4 is 15.2 Å². The van der Waals surface area contributed by atoms with E-state index in [-0.39, 0.29) is 43.3 Å². The highest BCUT2D eigenvalue weighted by molar-refractivity contribution is 5.77. The number of hydrogen-bond donors (Lipinski definition) is 1. The van der Waals surface area contributed by atoms with Crippen molar-refractivity contribution in [3.05, 3.63) is 23.8 Å². The van der Waals surface area contributed by atoms with Crippen molar-refractivity contribution in [2.24, 2.45) is 11.7 Å². The summed E-state index contributed by atoms with van der Waals surface area (Å²) in [7, 11) is 0. The lowest BCUT2D eigenvalue weighted by Gasteiger charge is -2.17. The first-order valence-electron chi connectivity index (χ1n) is 11.2. The van der Waals surface area contributed by atoms with Crippen molar-refractivity contribution in [2.45, 2.75) is 78.9 Å². The van der Waals surface area contributed by atoms with Crippen molar-refractivity contribution in [1.29, 1.82) is 0 Å². The molecule has 9 nitrogen and oxygen atoms in total. The number of carbonyl (C=O) groups is 4. The van der Waals surface area contributed by atoms with Crippen molar-refractivity contribution in [2.75, 3.05) is 6.61 Å². The van der Waals surface area contributed by atoms with Gasteiger partial charge in [0.1, 0.15) is 18.8 Å². The number of hydrogen-bond acceptors (Lipinski definition) is 9. The van der Waals surface area contributed by atoms with E-state index in [1.165, 1.54) is 12.1 Å². The predicted molar refractivity (Wildman–Crippen MR) is 121 cm³/mol. The van der Waals surface area contributed by atoms with E-state index in [4.69, 9.17) is 24.7 Å². The lowest BCUT2D eigenvalue weighted by Crippen LogP contribution is -2.36. The molecule has 1 aromatic rings. The Kier molecular flexibility index (Phi) is 12.1. The van der Waals surface area contributed by atoms with Gasteiger partial charge < -0.3 is 24.7 Å². The van der Waals surface area contributed by atoms with Gasteiger partial charge in [0.2, 0.25) is 0 Å². The molecule has 0 heterocycles. The van der Waals surface area contributed by atoms with E-state index >= 15 is 0 Å². The first-order chi connectivity index (χ1) is 15.5. The highest BCUT2D eigenvalue weighted by atomic mass is 16.6. The third kappa shape index (κ3) is 11.0. The molecule has 0 unspecified atom stereocenters. The molecule has 2 atom stereocenters. The highest BCUT2D eigenvalue weighted by Gasteiger charge is 2.20. The van der Waals surface area contributed by atoms with Crippen molar-refractivity contribution in [3.63, 3.8) is 0 Å². The monoisotopic (exact) mass is 465 g/mol. The fourth-order valence-corrected chi connectivity index (χ4v) is 2.60. The third-order valence-corrected chi connectivity index (χ3v) is 4.51. The molecular formula is C24H35NO8. The molecule has 0 amide bonds. The van der Waals surface area contributed by atoms with E-state index < -0.39 is 30.1 Å². The summed E-state index contributed by atoms with van der Waals surface area (Å²) < 4.78 is 20.8. The van der Waals surface area contributed by atoms with Crippen molar-refractivity contribution >= 4 is 23.9 Å². The van der Waals surface area contributed by atoms with Crippen molar-refractivity contribution < 1.29 is 38.1 Å². The summed E-state index contributed by atoms with van der Waals surface area (Å²) in [4.78, 5) is 47.4. The van der Waals surface area contributed by atoms with Crippen LogP contribution in [0.3, 0.4) is 0 Å². The lowest BCUT2D eigenvalue weighted by atomic mass is 10.1. The zero-order valence-electron chi connectivity index (χ0n) is 20.1. The van der Waals surface area contributed by atoms with E-state index in [1.807, 2.05) is 13.8 Å². The quantitative estimate of drug-likeness (QED) is 0.345. The van der Waals surface area contributed by atoms with Gasteiger partial charge in [-0.05, 0) is 43.4 Å². The number of benzene rings is 1. The summed E-state index contributed by atoms with van der Waals surface area (Å²) in [5.74, 6) is -1.40. The molecule has 2 N–H and O–H groups in total. The van der Waals surface area contributed by atoms with Gasteiger partial charge >= 0.3 is 23.9 Å². The molecular weight excluding hydrogens is 430 g/mol. The smallest absolute Gasteiger partial charge is 0.323 e. The molecule has 1 aromatic carbocycles. The Morgan fingerprint density at radius 1 is 0.909 bits per heavy atom. The van der Waals surface area contributed by atoms with Gasteiger partial charge in [0.15, 0.2) is 11.5 Å². The Morgan fingerprint density at radius 3 is 2.09 bits per heavy atom. The molecule has 0 fully saturated rings. The summed E-state index contributed by atoms with van der Waals surface area (Å²) in [6.45, 7) is 8.84. The van der Waals surface area contributed by atoms with Gasteiger partial charge in [-0.2, -0.15) is 0 Å².